The van der Waals surface area contributed by atoms with E-state index in [1.54, 1.807) is 12.1 Å². The van der Waals surface area contributed by atoms with Crippen LogP contribution < -0.4 is 21.3 Å². The predicted molar refractivity (Wildman–Crippen MR) is 117 cm³/mol. The van der Waals surface area contributed by atoms with E-state index in [1.807, 2.05) is 37.3 Å². The van der Waals surface area contributed by atoms with Gasteiger partial charge in [0.1, 0.15) is 6.04 Å². The van der Waals surface area contributed by atoms with Gasteiger partial charge in [0.2, 0.25) is 5.91 Å². The monoisotopic (exact) mass is 394 g/mol. The molecule has 0 aromatic heterocycles. The molecule has 1 atom stereocenters. The lowest BCUT2D eigenvalue weighted by molar-refractivity contribution is -0.118. The van der Waals surface area contributed by atoms with Crippen LogP contribution in [0.25, 0.3) is 0 Å². The lowest BCUT2D eigenvalue weighted by Crippen LogP contribution is -2.43. The maximum absolute atomic E-state index is 12.8. The van der Waals surface area contributed by atoms with E-state index in [4.69, 9.17) is 5.73 Å². The molecule has 1 heterocycles. The molecule has 0 saturated carbocycles. The molecule has 6 heteroatoms. The van der Waals surface area contributed by atoms with E-state index in [9.17, 15) is 9.59 Å². The Labute approximate surface area is 172 Å². The second-order valence-corrected chi connectivity index (χ2v) is 7.45. The highest BCUT2D eigenvalue weighted by Crippen LogP contribution is 2.23. The number of benzene rings is 2. The molecule has 1 saturated heterocycles. The Morgan fingerprint density at radius 2 is 1.83 bits per heavy atom. The van der Waals surface area contributed by atoms with Gasteiger partial charge in [0, 0.05) is 36.6 Å². The Hall–Kier alpha value is -2.86. The molecule has 6 nitrogen and oxygen atoms in total. The fourth-order valence-electron chi connectivity index (χ4n) is 3.58. The molecule has 0 aliphatic carbocycles. The van der Waals surface area contributed by atoms with Gasteiger partial charge >= 0.3 is 0 Å². The summed E-state index contributed by atoms with van der Waals surface area (Å²) in [7, 11) is 0. The molecule has 2 aromatic rings. The average molecular weight is 395 g/mol. The van der Waals surface area contributed by atoms with Crippen molar-refractivity contribution >= 4 is 23.2 Å². The number of nitrogens with zero attached hydrogens (tertiary/aromatic N) is 1. The zero-order valence-electron chi connectivity index (χ0n) is 17.0. The van der Waals surface area contributed by atoms with Gasteiger partial charge in [-0.2, -0.15) is 0 Å². The van der Waals surface area contributed by atoms with Crippen LogP contribution in [0.15, 0.2) is 48.5 Å². The molecule has 1 unspecified atom stereocenters. The van der Waals surface area contributed by atoms with Gasteiger partial charge in [-0.05, 0) is 55.2 Å². The fourth-order valence-corrected chi connectivity index (χ4v) is 3.58. The molecule has 2 aromatic carbocycles. The Morgan fingerprint density at radius 3 is 2.48 bits per heavy atom. The maximum atomic E-state index is 12.8. The van der Waals surface area contributed by atoms with E-state index >= 15 is 0 Å². The highest BCUT2D eigenvalue weighted by molar-refractivity contribution is 6.01. The summed E-state index contributed by atoms with van der Waals surface area (Å²) < 4.78 is 0. The third-order valence-electron chi connectivity index (χ3n) is 5.24. The number of rotatable bonds is 8. The van der Waals surface area contributed by atoms with Crippen molar-refractivity contribution in [3.63, 3.8) is 0 Å². The second-order valence-electron chi connectivity index (χ2n) is 7.45. The van der Waals surface area contributed by atoms with E-state index in [2.05, 4.69) is 21.6 Å². The van der Waals surface area contributed by atoms with Crippen molar-refractivity contribution in [2.75, 3.05) is 23.3 Å². The van der Waals surface area contributed by atoms with Crippen molar-refractivity contribution in [2.24, 2.45) is 5.73 Å². The third kappa shape index (κ3) is 5.57. The van der Waals surface area contributed by atoms with Gasteiger partial charge in [-0.1, -0.05) is 31.5 Å². The summed E-state index contributed by atoms with van der Waals surface area (Å²) in [5, 5.41) is 5.84. The quantitative estimate of drug-likeness (QED) is 0.641. The number of carbonyl (C=O) groups excluding carboxylic acids is 2. The summed E-state index contributed by atoms with van der Waals surface area (Å²) in [6.07, 6.45) is 3.77. The van der Waals surface area contributed by atoms with Crippen LogP contribution in [0.4, 0.5) is 11.4 Å². The first-order valence-electron chi connectivity index (χ1n) is 10.4. The van der Waals surface area contributed by atoms with Crippen molar-refractivity contribution in [2.45, 2.75) is 45.2 Å². The van der Waals surface area contributed by atoms with Gasteiger partial charge in [-0.15, -0.1) is 0 Å². The molecule has 4 N–H and O–H groups in total. The zero-order valence-corrected chi connectivity index (χ0v) is 17.0. The van der Waals surface area contributed by atoms with Gasteiger partial charge in [-0.3, -0.25) is 9.59 Å². The van der Waals surface area contributed by atoms with Gasteiger partial charge in [0.05, 0.1) is 0 Å². The Kier molecular flexibility index (Phi) is 7.25. The minimum absolute atomic E-state index is 0.197. The molecule has 2 amide bonds. The molecule has 0 radical (unpaired) electrons. The molecule has 0 bridgehead atoms. The predicted octanol–water partition coefficient (Wildman–Crippen LogP) is 3.28. The molecule has 3 rings (SSSR count). The highest BCUT2D eigenvalue weighted by Gasteiger charge is 2.21. The van der Waals surface area contributed by atoms with Gasteiger partial charge in [-0.25, -0.2) is 0 Å². The van der Waals surface area contributed by atoms with Crippen LogP contribution in [-0.2, 0) is 11.3 Å². The maximum Gasteiger partial charge on any atom is 0.251 e. The van der Waals surface area contributed by atoms with Crippen molar-refractivity contribution in [3.8, 4) is 0 Å². The van der Waals surface area contributed by atoms with E-state index in [1.165, 1.54) is 12.8 Å². The van der Waals surface area contributed by atoms with Crippen LogP contribution in [0.5, 0.6) is 0 Å². The number of nitrogens with two attached hydrogens (primary N) is 1. The lowest BCUT2D eigenvalue weighted by atomic mass is 10.1. The van der Waals surface area contributed by atoms with Crippen molar-refractivity contribution in [1.29, 1.82) is 0 Å². The molecule has 1 fully saturated rings. The number of anilines is 2. The van der Waals surface area contributed by atoms with Crippen molar-refractivity contribution in [1.82, 2.24) is 5.32 Å². The standard InChI is InChI=1S/C23H30N4O2/c1-2-6-21(26-22(28)18-11-9-17(16-24)10-12-18)23(29)25-19-7-5-8-20(15-19)27-13-3-4-14-27/h5,7-12,15,21H,2-4,6,13-14,16,24H2,1H3,(H,25,29)(H,26,28). The molecule has 1 aliphatic rings. The minimum atomic E-state index is -0.586. The lowest BCUT2D eigenvalue weighted by Gasteiger charge is -2.20. The molecular formula is C23H30N4O2. The van der Waals surface area contributed by atoms with Crippen molar-refractivity contribution < 1.29 is 9.59 Å². The fraction of sp³-hybridized carbons (Fsp3) is 0.391. The first-order chi connectivity index (χ1) is 14.1. The average Bonchev–Trinajstić information content (AvgIpc) is 3.28. The van der Waals surface area contributed by atoms with Crippen LogP contribution in [-0.4, -0.2) is 30.9 Å². The molecular weight excluding hydrogens is 364 g/mol. The van der Waals surface area contributed by atoms with Crippen molar-refractivity contribution in [3.05, 3.63) is 59.7 Å². The first-order valence-corrected chi connectivity index (χ1v) is 10.4. The topological polar surface area (TPSA) is 87.5 Å². The number of hydrogen-bond donors (Lipinski definition) is 3. The smallest absolute Gasteiger partial charge is 0.251 e. The minimum Gasteiger partial charge on any atom is -0.371 e. The summed E-state index contributed by atoms with van der Waals surface area (Å²) in [6.45, 7) is 4.53. The third-order valence-corrected chi connectivity index (χ3v) is 5.24. The Bertz CT molecular complexity index is 829. The van der Waals surface area contributed by atoms with Gasteiger partial charge in [0.15, 0.2) is 0 Å². The zero-order chi connectivity index (χ0) is 20.6. The summed E-state index contributed by atoms with van der Waals surface area (Å²) in [5.41, 5.74) is 8.96. The summed E-state index contributed by atoms with van der Waals surface area (Å²) in [6, 6.07) is 14.4. The number of amides is 2. The van der Waals surface area contributed by atoms with E-state index in [-0.39, 0.29) is 11.8 Å². The van der Waals surface area contributed by atoms with E-state index in [0.29, 0.717) is 18.5 Å². The van der Waals surface area contributed by atoms with E-state index in [0.717, 1.165) is 36.4 Å². The van der Waals surface area contributed by atoms with Crippen LogP contribution in [0.1, 0.15) is 48.5 Å². The van der Waals surface area contributed by atoms with Crippen LogP contribution in [0, 0.1) is 0 Å². The van der Waals surface area contributed by atoms with Gasteiger partial charge in [0.25, 0.3) is 5.91 Å². The largest absolute Gasteiger partial charge is 0.371 e. The first kappa shape index (κ1) is 20.9. The molecule has 0 spiro atoms. The highest BCUT2D eigenvalue weighted by atomic mass is 16.2. The molecule has 1 aliphatic heterocycles. The van der Waals surface area contributed by atoms with Crippen LogP contribution in [0.3, 0.4) is 0 Å². The molecule has 154 valence electrons. The Balaban J connectivity index is 1.65. The van der Waals surface area contributed by atoms with Crippen LogP contribution >= 0.6 is 0 Å². The Morgan fingerprint density at radius 1 is 1.10 bits per heavy atom. The summed E-state index contributed by atoms with van der Waals surface area (Å²) in [5.74, 6) is -0.453. The van der Waals surface area contributed by atoms with Gasteiger partial charge < -0.3 is 21.3 Å². The normalized spacial score (nSPS) is 14.5. The molecule has 29 heavy (non-hydrogen) atoms. The number of hydrogen-bond acceptors (Lipinski definition) is 4. The summed E-state index contributed by atoms with van der Waals surface area (Å²) >= 11 is 0. The second kappa shape index (κ2) is 10.1. The SMILES string of the molecule is CCCC(NC(=O)c1ccc(CN)cc1)C(=O)Nc1cccc(N2CCCC2)c1. The number of carbonyl (C=O) groups is 2. The summed E-state index contributed by atoms with van der Waals surface area (Å²) in [4.78, 5) is 27.8. The van der Waals surface area contributed by atoms with Crippen LogP contribution in [0.2, 0.25) is 0 Å². The van der Waals surface area contributed by atoms with E-state index < -0.39 is 6.04 Å². The number of nitrogens with one attached hydrogen (secondary N) is 2.